The second kappa shape index (κ2) is 8.03. The lowest BCUT2D eigenvalue weighted by Crippen LogP contribution is -2.37. The number of rotatable bonds is 7. The number of methoxy groups -OCH3 is 1. The maximum Gasteiger partial charge on any atom is 0.166 e. The van der Waals surface area contributed by atoms with Crippen molar-refractivity contribution in [2.45, 2.75) is 19.9 Å². The van der Waals surface area contributed by atoms with Crippen LogP contribution < -0.4 is 10.6 Å². The summed E-state index contributed by atoms with van der Waals surface area (Å²) < 4.78 is 6.86. The number of nitrogens with zero attached hydrogens (tertiary/aromatic N) is 2. The summed E-state index contributed by atoms with van der Waals surface area (Å²) in [6.45, 7) is 5.19. The van der Waals surface area contributed by atoms with E-state index < -0.39 is 0 Å². The number of aromatic nitrogens is 2. The number of nitrogens with one attached hydrogen (secondary N) is 2. The molecule has 0 aliphatic rings. The first-order valence-corrected chi connectivity index (χ1v) is 6.13. The van der Waals surface area contributed by atoms with E-state index in [1.165, 1.54) is 5.56 Å². The summed E-state index contributed by atoms with van der Waals surface area (Å²) in [4.78, 5) is 0. The molecular formula is C11H20N4OS. The molecule has 0 saturated heterocycles. The second-order valence-electron chi connectivity index (χ2n) is 3.81. The highest BCUT2D eigenvalue weighted by atomic mass is 32.1. The van der Waals surface area contributed by atoms with Gasteiger partial charge in [0, 0.05) is 32.9 Å². The van der Waals surface area contributed by atoms with Gasteiger partial charge >= 0.3 is 0 Å². The molecule has 0 radical (unpaired) electrons. The van der Waals surface area contributed by atoms with E-state index in [0.717, 1.165) is 26.1 Å². The summed E-state index contributed by atoms with van der Waals surface area (Å²) in [5.74, 6) is 0. The first-order valence-electron chi connectivity index (χ1n) is 5.72. The molecule has 1 aromatic rings. The van der Waals surface area contributed by atoms with Gasteiger partial charge in [-0.25, -0.2) is 0 Å². The number of hydrogen-bond acceptors (Lipinski definition) is 3. The standard InChI is InChI=1S/C11H20N4OS/c1-10-8-14-15(9-10)6-3-4-12-11(17)13-5-7-16-2/h8-9H,3-7H2,1-2H3,(H2,12,13,17). The molecule has 1 heterocycles. The minimum atomic E-state index is 0.661. The van der Waals surface area contributed by atoms with E-state index in [4.69, 9.17) is 17.0 Å². The second-order valence-corrected chi connectivity index (χ2v) is 4.22. The summed E-state index contributed by atoms with van der Waals surface area (Å²) in [6.07, 6.45) is 4.90. The molecule has 0 aliphatic heterocycles. The van der Waals surface area contributed by atoms with Crippen LogP contribution in [0.5, 0.6) is 0 Å². The van der Waals surface area contributed by atoms with Crippen molar-refractivity contribution in [2.75, 3.05) is 26.8 Å². The van der Waals surface area contributed by atoms with Gasteiger partial charge in [-0.3, -0.25) is 4.68 Å². The van der Waals surface area contributed by atoms with Crippen molar-refractivity contribution in [1.29, 1.82) is 0 Å². The molecule has 6 heteroatoms. The molecule has 0 atom stereocenters. The Kier molecular flexibility index (Phi) is 6.57. The number of thiocarbonyl (C=S) groups is 1. The number of hydrogen-bond donors (Lipinski definition) is 2. The lowest BCUT2D eigenvalue weighted by atomic mass is 10.4. The van der Waals surface area contributed by atoms with Gasteiger partial charge in [-0.05, 0) is 31.1 Å². The van der Waals surface area contributed by atoms with Crippen molar-refractivity contribution in [3.63, 3.8) is 0 Å². The third kappa shape index (κ3) is 6.23. The summed E-state index contributed by atoms with van der Waals surface area (Å²) in [7, 11) is 1.67. The van der Waals surface area contributed by atoms with Crippen LogP contribution in [0, 0.1) is 6.92 Å². The van der Waals surface area contributed by atoms with Gasteiger partial charge in [0.2, 0.25) is 0 Å². The van der Waals surface area contributed by atoms with Gasteiger partial charge in [-0.15, -0.1) is 0 Å². The minimum absolute atomic E-state index is 0.661. The quantitative estimate of drug-likeness (QED) is 0.555. The topological polar surface area (TPSA) is 51.1 Å². The van der Waals surface area contributed by atoms with Gasteiger partial charge in [-0.2, -0.15) is 5.10 Å². The molecule has 0 spiro atoms. The molecule has 0 bridgehead atoms. The Morgan fingerprint density at radius 1 is 1.47 bits per heavy atom. The fourth-order valence-electron chi connectivity index (χ4n) is 1.36. The first kappa shape index (κ1) is 13.9. The molecule has 0 fully saturated rings. The zero-order chi connectivity index (χ0) is 12.5. The monoisotopic (exact) mass is 256 g/mol. The molecule has 0 aliphatic carbocycles. The van der Waals surface area contributed by atoms with Gasteiger partial charge in [0.1, 0.15) is 0 Å². The Morgan fingerprint density at radius 3 is 2.88 bits per heavy atom. The van der Waals surface area contributed by atoms with Crippen LogP contribution in [0.15, 0.2) is 12.4 Å². The molecule has 5 nitrogen and oxygen atoms in total. The highest BCUT2D eigenvalue weighted by Crippen LogP contribution is 1.95. The van der Waals surface area contributed by atoms with Gasteiger partial charge in [0.25, 0.3) is 0 Å². The van der Waals surface area contributed by atoms with E-state index in [-0.39, 0.29) is 0 Å². The molecule has 0 aromatic carbocycles. The van der Waals surface area contributed by atoms with Crippen LogP contribution in [0.3, 0.4) is 0 Å². The summed E-state index contributed by atoms with van der Waals surface area (Å²) >= 11 is 5.10. The minimum Gasteiger partial charge on any atom is -0.383 e. The molecule has 96 valence electrons. The number of ether oxygens (including phenoxy) is 1. The van der Waals surface area contributed by atoms with Crippen LogP contribution in [0.4, 0.5) is 0 Å². The van der Waals surface area contributed by atoms with E-state index in [9.17, 15) is 0 Å². The number of aryl methyl sites for hydroxylation is 2. The van der Waals surface area contributed by atoms with Crippen LogP contribution in [0.2, 0.25) is 0 Å². The fraction of sp³-hybridized carbons (Fsp3) is 0.636. The molecule has 0 saturated carbocycles. The largest absolute Gasteiger partial charge is 0.383 e. The molecule has 2 N–H and O–H groups in total. The molecule has 0 amide bonds. The van der Waals surface area contributed by atoms with Crippen LogP contribution in [0.25, 0.3) is 0 Å². The van der Waals surface area contributed by atoms with Crippen molar-refractivity contribution in [1.82, 2.24) is 20.4 Å². The van der Waals surface area contributed by atoms with E-state index in [0.29, 0.717) is 11.7 Å². The highest BCUT2D eigenvalue weighted by Gasteiger charge is 1.96. The van der Waals surface area contributed by atoms with Crippen molar-refractivity contribution < 1.29 is 4.74 Å². The van der Waals surface area contributed by atoms with E-state index in [1.807, 2.05) is 24.0 Å². The van der Waals surface area contributed by atoms with Gasteiger partial charge in [0.15, 0.2) is 5.11 Å². The lowest BCUT2D eigenvalue weighted by Gasteiger charge is -2.09. The SMILES string of the molecule is COCCNC(=S)NCCCn1cc(C)cn1. The van der Waals surface area contributed by atoms with Gasteiger partial charge in [0.05, 0.1) is 12.8 Å². The van der Waals surface area contributed by atoms with Gasteiger partial charge in [-0.1, -0.05) is 0 Å². The fourth-order valence-corrected chi connectivity index (χ4v) is 1.57. The van der Waals surface area contributed by atoms with Crippen LogP contribution in [-0.4, -0.2) is 41.7 Å². The zero-order valence-corrected chi connectivity index (χ0v) is 11.2. The van der Waals surface area contributed by atoms with Crippen LogP contribution >= 0.6 is 12.2 Å². The molecule has 0 unspecified atom stereocenters. The van der Waals surface area contributed by atoms with Crippen molar-refractivity contribution in [2.24, 2.45) is 0 Å². The Morgan fingerprint density at radius 2 is 2.24 bits per heavy atom. The Bertz CT molecular complexity index is 340. The van der Waals surface area contributed by atoms with Crippen molar-refractivity contribution >= 4 is 17.3 Å². The average Bonchev–Trinajstić information content (AvgIpc) is 2.71. The summed E-state index contributed by atoms with van der Waals surface area (Å²) in [6, 6.07) is 0. The van der Waals surface area contributed by atoms with E-state index in [2.05, 4.69) is 15.7 Å². The predicted octanol–water partition coefficient (Wildman–Crippen LogP) is 0.692. The van der Waals surface area contributed by atoms with Gasteiger partial charge < -0.3 is 15.4 Å². The summed E-state index contributed by atoms with van der Waals surface area (Å²) in [5, 5.41) is 11.1. The van der Waals surface area contributed by atoms with E-state index >= 15 is 0 Å². The average molecular weight is 256 g/mol. The maximum absolute atomic E-state index is 5.10. The van der Waals surface area contributed by atoms with Crippen molar-refractivity contribution in [3.05, 3.63) is 18.0 Å². The molecule has 1 rings (SSSR count). The summed E-state index contributed by atoms with van der Waals surface area (Å²) in [5.41, 5.74) is 1.19. The Hall–Kier alpha value is -1.14. The first-order chi connectivity index (χ1) is 8.22. The predicted molar refractivity (Wildman–Crippen MR) is 72.1 cm³/mol. The van der Waals surface area contributed by atoms with Crippen molar-refractivity contribution in [3.8, 4) is 0 Å². The molecule has 1 aromatic heterocycles. The lowest BCUT2D eigenvalue weighted by molar-refractivity contribution is 0.204. The Balaban J connectivity index is 2.02. The third-order valence-corrected chi connectivity index (χ3v) is 2.49. The zero-order valence-electron chi connectivity index (χ0n) is 10.4. The molecule has 17 heavy (non-hydrogen) atoms. The maximum atomic E-state index is 5.10. The smallest absolute Gasteiger partial charge is 0.166 e. The van der Waals surface area contributed by atoms with Crippen LogP contribution in [-0.2, 0) is 11.3 Å². The van der Waals surface area contributed by atoms with Crippen LogP contribution in [0.1, 0.15) is 12.0 Å². The highest BCUT2D eigenvalue weighted by molar-refractivity contribution is 7.80. The third-order valence-electron chi connectivity index (χ3n) is 2.20. The Labute approximate surface area is 108 Å². The molecular weight excluding hydrogens is 236 g/mol. The van der Waals surface area contributed by atoms with E-state index in [1.54, 1.807) is 7.11 Å². The normalized spacial score (nSPS) is 10.2.